The molecule has 0 N–H and O–H groups in total. The van der Waals surface area contributed by atoms with Gasteiger partial charge in [0.25, 0.3) is 0 Å². The van der Waals surface area contributed by atoms with Gasteiger partial charge in [-0.15, -0.1) is 5.10 Å². The van der Waals surface area contributed by atoms with Gasteiger partial charge < -0.3 is 4.42 Å². The van der Waals surface area contributed by atoms with Crippen LogP contribution in [0.3, 0.4) is 0 Å². The molecule has 2 aromatic rings. The van der Waals surface area contributed by atoms with Gasteiger partial charge in [0.05, 0.1) is 6.54 Å². The molecule has 1 aromatic carbocycles. The summed E-state index contributed by atoms with van der Waals surface area (Å²) in [5.41, 5.74) is 0.731. The third-order valence-corrected chi connectivity index (χ3v) is 2.60. The summed E-state index contributed by atoms with van der Waals surface area (Å²) in [6.07, 6.45) is 0. The smallest absolute Gasteiger partial charge is 0.388 e. The minimum absolute atomic E-state index is 0.308. The van der Waals surface area contributed by atoms with E-state index in [0.717, 1.165) is 5.56 Å². The molecule has 0 aliphatic heterocycles. The molecule has 2 rings (SSSR count). The van der Waals surface area contributed by atoms with Crippen molar-refractivity contribution in [2.24, 2.45) is 0 Å². The molecule has 0 unspecified atom stereocenters. The minimum atomic E-state index is -0.454. The van der Waals surface area contributed by atoms with Gasteiger partial charge in [0.15, 0.2) is 0 Å². The van der Waals surface area contributed by atoms with E-state index in [1.54, 1.807) is 24.3 Å². The Bertz CT molecular complexity index is 532. The SMILES string of the molecule is O=c1oc(-c2ccc(Cl)cc2)nn1CCBr. The highest BCUT2D eigenvalue weighted by molar-refractivity contribution is 9.09. The lowest BCUT2D eigenvalue weighted by Crippen LogP contribution is -2.16. The van der Waals surface area contributed by atoms with Crippen LogP contribution in [-0.4, -0.2) is 15.1 Å². The first kappa shape index (κ1) is 11.4. The summed E-state index contributed by atoms with van der Waals surface area (Å²) < 4.78 is 6.30. The average Bonchev–Trinajstić information content (AvgIpc) is 2.62. The van der Waals surface area contributed by atoms with E-state index < -0.39 is 5.76 Å². The molecule has 4 nitrogen and oxygen atoms in total. The van der Waals surface area contributed by atoms with E-state index in [4.69, 9.17) is 16.0 Å². The van der Waals surface area contributed by atoms with Crippen LogP contribution >= 0.6 is 27.5 Å². The van der Waals surface area contributed by atoms with Crippen LogP contribution in [0.5, 0.6) is 0 Å². The molecule has 0 atom stereocenters. The van der Waals surface area contributed by atoms with Crippen LogP contribution < -0.4 is 5.76 Å². The first-order valence-electron chi connectivity index (χ1n) is 4.60. The molecule has 84 valence electrons. The molecule has 6 heteroatoms. The molecular formula is C10H8BrClN2O2. The quantitative estimate of drug-likeness (QED) is 0.819. The molecule has 1 heterocycles. The molecule has 0 spiro atoms. The number of hydrogen-bond donors (Lipinski definition) is 0. The second kappa shape index (κ2) is 4.84. The van der Waals surface area contributed by atoms with Crippen molar-refractivity contribution < 1.29 is 4.42 Å². The van der Waals surface area contributed by atoms with Crippen LogP contribution in [-0.2, 0) is 6.54 Å². The number of hydrogen-bond acceptors (Lipinski definition) is 3. The molecule has 16 heavy (non-hydrogen) atoms. The zero-order valence-electron chi connectivity index (χ0n) is 8.19. The second-order valence-electron chi connectivity index (χ2n) is 3.09. The highest BCUT2D eigenvalue weighted by atomic mass is 79.9. The number of aryl methyl sites for hydroxylation is 1. The number of halogens is 2. The van der Waals surface area contributed by atoms with Crippen LogP contribution in [0.2, 0.25) is 5.02 Å². The number of rotatable bonds is 3. The van der Waals surface area contributed by atoms with Crippen molar-refractivity contribution in [3.63, 3.8) is 0 Å². The van der Waals surface area contributed by atoms with Crippen molar-refractivity contribution in [2.75, 3.05) is 5.33 Å². The van der Waals surface area contributed by atoms with Gasteiger partial charge in [0, 0.05) is 15.9 Å². The van der Waals surface area contributed by atoms with E-state index in [2.05, 4.69) is 21.0 Å². The van der Waals surface area contributed by atoms with Gasteiger partial charge in [0.2, 0.25) is 5.89 Å². The van der Waals surface area contributed by atoms with E-state index in [0.29, 0.717) is 22.8 Å². The van der Waals surface area contributed by atoms with Gasteiger partial charge in [0.1, 0.15) is 0 Å². The first-order valence-corrected chi connectivity index (χ1v) is 6.10. The summed E-state index contributed by atoms with van der Waals surface area (Å²) in [7, 11) is 0. The van der Waals surface area contributed by atoms with E-state index in [1.165, 1.54) is 4.68 Å². The topological polar surface area (TPSA) is 48.0 Å². The van der Waals surface area contributed by atoms with Crippen molar-refractivity contribution in [2.45, 2.75) is 6.54 Å². The van der Waals surface area contributed by atoms with Crippen molar-refractivity contribution in [1.82, 2.24) is 9.78 Å². The fourth-order valence-electron chi connectivity index (χ4n) is 1.24. The third kappa shape index (κ3) is 2.36. The Balaban J connectivity index is 2.37. The highest BCUT2D eigenvalue weighted by Gasteiger charge is 2.09. The van der Waals surface area contributed by atoms with Crippen molar-refractivity contribution in [3.05, 3.63) is 39.8 Å². The summed E-state index contributed by atoms with van der Waals surface area (Å²) in [6.45, 7) is 0.482. The largest absolute Gasteiger partial charge is 0.437 e. The normalized spacial score (nSPS) is 10.6. The molecule has 0 fully saturated rings. The van der Waals surface area contributed by atoms with Gasteiger partial charge in [-0.25, -0.2) is 4.79 Å². The molecule has 0 aliphatic carbocycles. The Morgan fingerprint density at radius 2 is 2.06 bits per heavy atom. The summed E-state index contributed by atoms with van der Waals surface area (Å²) in [4.78, 5) is 11.4. The lowest BCUT2D eigenvalue weighted by Gasteiger charge is -1.94. The standard InChI is InChI=1S/C10H8BrClN2O2/c11-5-6-14-10(15)16-9(13-14)7-1-3-8(12)4-2-7/h1-4H,5-6H2. The molecule has 0 amide bonds. The van der Waals surface area contributed by atoms with Crippen LogP contribution in [0.4, 0.5) is 0 Å². The van der Waals surface area contributed by atoms with Gasteiger partial charge in [-0.1, -0.05) is 27.5 Å². The summed E-state index contributed by atoms with van der Waals surface area (Å²) in [5, 5.41) is 5.35. The van der Waals surface area contributed by atoms with E-state index in [-0.39, 0.29) is 0 Å². The predicted octanol–water partition coefficient (Wildman–Crippen LogP) is 2.55. The highest BCUT2D eigenvalue weighted by Crippen LogP contribution is 2.18. The Hall–Kier alpha value is -1.07. The van der Waals surface area contributed by atoms with Gasteiger partial charge in [-0.3, -0.25) is 0 Å². The van der Waals surface area contributed by atoms with Crippen LogP contribution in [0.25, 0.3) is 11.5 Å². The third-order valence-electron chi connectivity index (χ3n) is 1.99. The molecule has 0 radical (unpaired) electrons. The molecule has 0 saturated heterocycles. The monoisotopic (exact) mass is 302 g/mol. The molecule has 0 aliphatic rings. The van der Waals surface area contributed by atoms with Crippen LogP contribution in [0.15, 0.2) is 33.5 Å². The maximum atomic E-state index is 11.4. The number of alkyl halides is 1. The lowest BCUT2D eigenvalue weighted by atomic mass is 10.2. The van der Waals surface area contributed by atoms with Crippen LogP contribution in [0, 0.1) is 0 Å². The molecule has 0 saturated carbocycles. The summed E-state index contributed by atoms with van der Waals surface area (Å²) in [5.74, 6) is -0.146. The maximum absolute atomic E-state index is 11.4. The molecular weight excluding hydrogens is 295 g/mol. The van der Waals surface area contributed by atoms with Gasteiger partial charge in [-0.05, 0) is 24.3 Å². The second-order valence-corrected chi connectivity index (χ2v) is 4.32. The van der Waals surface area contributed by atoms with Crippen molar-refractivity contribution >= 4 is 27.5 Å². The fraction of sp³-hybridized carbons (Fsp3) is 0.200. The Labute approximate surface area is 105 Å². The fourth-order valence-corrected chi connectivity index (χ4v) is 1.70. The lowest BCUT2D eigenvalue weighted by molar-refractivity contribution is 0.492. The van der Waals surface area contributed by atoms with Crippen molar-refractivity contribution in [1.29, 1.82) is 0 Å². The minimum Gasteiger partial charge on any atom is -0.388 e. The first-order chi connectivity index (χ1) is 7.70. The van der Waals surface area contributed by atoms with Gasteiger partial charge in [-0.2, -0.15) is 4.68 Å². The maximum Gasteiger partial charge on any atom is 0.437 e. The number of aromatic nitrogens is 2. The van der Waals surface area contributed by atoms with E-state index in [9.17, 15) is 4.79 Å². The summed E-state index contributed by atoms with van der Waals surface area (Å²) in [6, 6.07) is 6.96. The number of nitrogens with zero attached hydrogens (tertiary/aromatic N) is 2. The number of benzene rings is 1. The van der Waals surface area contributed by atoms with E-state index >= 15 is 0 Å². The van der Waals surface area contributed by atoms with Crippen LogP contribution in [0.1, 0.15) is 0 Å². The Morgan fingerprint density at radius 3 is 2.69 bits per heavy atom. The van der Waals surface area contributed by atoms with Crippen molar-refractivity contribution in [3.8, 4) is 11.5 Å². The summed E-state index contributed by atoms with van der Waals surface area (Å²) >= 11 is 9.00. The zero-order chi connectivity index (χ0) is 11.5. The van der Waals surface area contributed by atoms with E-state index in [1.807, 2.05) is 0 Å². The average molecular weight is 304 g/mol. The molecule has 1 aromatic heterocycles. The Kier molecular flexibility index (Phi) is 3.46. The molecule has 0 bridgehead atoms. The zero-order valence-corrected chi connectivity index (χ0v) is 10.5. The predicted molar refractivity (Wildman–Crippen MR) is 65.0 cm³/mol. The van der Waals surface area contributed by atoms with Gasteiger partial charge >= 0.3 is 5.76 Å². The Morgan fingerprint density at radius 1 is 1.38 bits per heavy atom.